The first-order chi connectivity index (χ1) is 8.88. The summed E-state index contributed by atoms with van der Waals surface area (Å²) in [5, 5.41) is 3.27. The number of anilines is 1. The van der Waals surface area contributed by atoms with E-state index in [9.17, 15) is 0 Å². The lowest BCUT2D eigenvalue weighted by molar-refractivity contribution is 0.109. The third-order valence-corrected chi connectivity index (χ3v) is 2.91. The highest BCUT2D eigenvalue weighted by atomic mass is 16.5. The molecule has 18 heavy (non-hydrogen) atoms. The van der Waals surface area contributed by atoms with E-state index in [1.807, 2.05) is 19.1 Å². The van der Waals surface area contributed by atoms with Gasteiger partial charge in [-0.15, -0.1) is 0 Å². The van der Waals surface area contributed by atoms with E-state index in [0.717, 1.165) is 30.0 Å². The fraction of sp³-hybridized carbons (Fsp3) is 0.385. The van der Waals surface area contributed by atoms with Crippen molar-refractivity contribution in [3.63, 3.8) is 0 Å². The minimum Gasteiger partial charge on any atom is -0.461 e. The van der Waals surface area contributed by atoms with E-state index in [-0.39, 0.29) is 0 Å². The Hall–Kier alpha value is -1.88. The fourth-order valence-electron chi connectivity index (χ4n) is 2.06. The summed E-state index contributed by atoms with van der Waals surface area (Å²) in [5.74, 6) is 2.19. The van der Waals surface area contributed by atoms with Crippen molar-refractivity contribution in [1.29, 1.82) is 0 Å². The molecule has 0 aliphatic carbocycles. The van der Waals surface area contributed by atoms with Crippen molar-refractivity contribution in [2.75, 3.05) is 18.5 Å². The third-order valence-electron chi connectivity index (χ3n) is 2.91. The number of ether oxygens (including phenoxy) is 1. The summed E-state index contributed by atoms with van der Waals surface area (Å²) in [7, 11) is 0. The zero-order valence-corrected chi connectivity index (χ0v) is 10.3. The maximum atomic E-state index is 5.47. The van der Waals surface area contributed by atoms with Crippen LogP contribution in [0.1, 0.15) is 18.2 Å². The van der Waals surface area contributed by atoms with Crippen molar-refractivity contribution >= 4 is 5.82 Å². The summed E-state index contributed by atoms with van der Waals surface area (Å²) < 4.78 is 10.8. The van der Waals surface area contributed by atoms with Gasteiger partial charge in [-0.25, -0.2) is 9.97 Å². The molecule has 1 aliphatic rings. The van der Waals surface area contributed by atoms with Gasteiger partial charge in [0.25, 0.3) is 0 Å². The number of nitrogens with one attached hydrogen (secondary N) is 1. The van der Waals surface area contributed by atoms with Gasteiger partial charge in [-0.05, 0) is 19.1 Å². The highest BCUT2D eigenvalue weighted by Crippen LogP contribution is 2.26. The van der Waals surface area contributed by atoms with Crippen LogP contribution in [0.4, 0.5) is 5.82 Å². The van der Waals surface area contributed by atoms with Crippen LogP contribution >= 0.6 is 0 Å². The number of hydrogen-bond acceptors (Lipinski definition) is 5. The van der Waals surface area contributed by atoms with Gasteiger partial charge in [-0.3, -0.25) is 0 Å². The Balaban J connectivity index is 2.09. The van der Waals surface area contributed by atoms with E-state index in [4.69, 9.17) is 9.15 Å². The predicted molar refractivity (Wildman–Crippen MR) is 67.3 cm³/mol. The molecule has 0 spiro atoms. The molecule has 3 heterocycles. The van der Waals surface area contributed by atoms with E-state index >= 15 is 0 Å². The number of fused-ring (bicyclic) bond motifs is 1. The van der Waals surface area contributed by atoms with Crippen LogP contribution < -0.4 is 5.32 Å². The Morgan fingerprint density at radius 2 is 2.33 bits per heavy atom. The normalized spacial score (nSPS) is 14.3. The molecule has 2 aromatic rings. The van der Waals surface area contributed by atoms with E-state index in [1.54, 1.807) is 6.26 Å². The molecule has 0 bridgehead atoms. The second kappa shape index (κ2) is 4.78. The number of furan rings is 1. The zero-order valence-electron chi connectivity index (χ0n) is 10.3. The smallest absolute Gasteiger partial charge is 0.197 e. The Kier molecular flexibility index (Phi) is 2.98. The largest absolute Gasteiger partial charge is 0.461 e. The van der Waals surface area contributed by atoms with Crippen LogP contribution in [-0.4, -0.2) is 23.1 Å². The van der Waals surface area contributed by atoms with Gasteiger partial charge < -0.3 is 14.5 Å². The Morgan fingerprint density at radius 3 is 3.11 bits per heavy atom. The molecule has 0 aromatic carbocycles. The van der Waals surface area contributed by atoms with E-state index in [0.29, 0.717) is 24.8 Å². The number of hydrogen-bond donors (Lipinski definition) is 1. The van der Waals surface area contributed by atoms with Crippen molar-refractivity contribution in [2.24, 2.45) is 0 Å². The van der Waals surface area contributed by atoms with E-state index in [1.165, 1.54) is 0 Å². The molecule has 0 saturated heterocycles. The summed E-state index contributed by atoms with van der Waals surface area (Å²) in [6.45, 7) is 4.16. The minimum absolute atomic E-state index is 0.579. The molecule has 1 N–H and O–H groups in total. The van der Waals surface area contributed by atoms with Crippen LogP contribution in [0.25, 0.3) is 11.6 Å². The maximum absolute atomic E-state index is 5.47. The van der Waals surface area contributed by atoms with Crippen molar-refractivity contribution in [1.82, 2.24) is 9.97 Å². The summed E-state index contributed by atoms with van der Waals surface area (Å²) in [4.78, 5) is 9.10. The first kappa shape index (κ1) is 11.2. The average Bonchev–Trinajstić information content (AvgIpc) is 2.93. The lowest BCUT2D eigenvalue weighted by atomic mass is 10.1. The second-order valence-corrected chi connectivity index (χ2v) is 4.13. The number of rotatable bonds is 3. The molecule has 1 aliphatic heterocycles. The first-order valence-corrected chi connectivity index (χ1v) is 6.13. The molecule has 0 radical (unpaired) electrons. The Morgan fingerprint density at radius 1 is 1.39 bits per heavy atom. The van der Waals surface area contributed by atoms with Gasteiger partial charge in [0.15, 0.2) is 11.6 Å². The van der Waals surface area contributed by atoms with Gasteiger partial charge in [0.2, 0.25) is 0 Å². The van der Waals surface area contributed by atoms with E-state index < -0.39 is 0 Å². The molecule has 5 heteroatoms. The quantitative estimate of drug-likeness (QED) is 0.898. The predicted octanol–water partition coefficient (Wildman–Crippen LogP) is 2.24. The van der Waals surface area contributed by atoms with Crippen LogP contribution in [0.5, 0.6) is 0 Å². The molecule has 0 fully saturated rings. The molecule has 3 rings (SSSR count). The SMILES string of the molecule is CCNc1nc(-c2ccco2)nc2c1COCC2. The Bertz CT molecular complexity index is 537. The minimum atomic E-state index is 0.579. The molecule has 0 unspecified atom stereocenters. The molecule has 0 atom stereocenters. The van der Waals surface area contributed by atoms with Gasteiger partial charge in [-0.1, -0.05) is 0 Å². The highest BCUT2D eigenvalue weighted by molar-refractivity contribution is 5.55. The standard InChI is InChI=1S/C13H15N3O2/c1-2-14-12-9-8-17-7-5-10(9)15-13(16-12)11-4-3-6-18-11/h3-4,6H,2,5,7-8H2,1H3,(H,14,15,16). The molecule has 0 saturated carbocycles. The maximum Gasteiger partial charge on any atom is 0.197 e. The average molecular weight is 245 g/mol. The summed E-state index contributed by atoms with van der Waals surface area (Å²) in [6, 6.07) is 3.71. The third kappa shape index (κ3) is 1.97. The highest BCUT2D eigenvalue weighted by Gasteiger charge is 2.19. The van der Waals surface area contributed by atoms with Crippen LogP contribution in [0.15, 0.2) is 22.8 Å². The lowest BCUT2D eigenvalue weighted by Crippen LogP contribution is -2.17. The molecule has 2 aromatic heterocycles. The van der Waals surface area contributed by atoms with Crippen molar-refractivity contribution in [3.8, 4) is 11.6 Å². The van der Waals surface area contributed by atoms with Crippen LogP contribution in [0, 0.1) is 0 Å². The number of aromatic nitrogens is 2. The van der Waals surface area contributed by atoms with Gasteiger partial charge in [0, 0.05) is 18.5 Å². The second-order valence-electron chi connectivity index (χ2n) is 4.13. The van der Waals surface area contributed by atoms with Gasteiger partial charge in [0.05, 0.1) is 25.2 Å². The van der Waals surface area contributed by atoms with Crippen LogP contribution in [-0.2, 0) is 17.8 Å². The summed E-state index contributed by atoms with van der Waals surface area (Å²) in [5.41, 5.74) is 2.12. The fourth-order valence-corrected chi connectivity index (χ4v) is 2.06. The Labute approximate surface area is 105 Å². The lowest BCUT2D eigenvalue weighted by Gasteiger charge is -2.19. The van der Waals surface area contributed by atoms with Gasteiger partial charge in [0.1, 0.15) is 5.82 Å². The molecule has 94 valence electrons. The first-order valence-electron chi connectivity index (χ1n) is 6.13. The monoisotopic (exact) mass is 245 g/mol. The molecule has 5 nitrogen and oxygen atoms in total. The topological polar surface area (TPSA) is 60.2 Å². The summed E-state index contributed by atoms with van der Waals surface area (Å²) in [6.07, 6.45) is 2.46. The van der Waals surface area contributed by atoms with Crippen LogP contribution in [0.2, 0.25) is 0 Å². The number of nitrogens with zero attached hydrogens (tertiary/aromatic N) is 2. The summed E-state index contributed by atoms with van der Waals surface area (Å²) >= 11 is 0. The van der Waals surface area contributed by atoms with E-state index in [2.05, 4.69) is 15.3 Å². The zero-order chi connectivity index (χ0) is 12.4. The van der Waals surface area contributed by atoms with Gasteiger partial charge in [-0.2, -0.15) is 0 Å². The molecule has 0 amide bonds. The molecular weight excluding hydrogens is 230 g/mol. The van der Waals surface area contributed by atoms with Crippen molar-refractivity contribution < 1.29 is 9.15 Å². The van der Waals surface area contributed by atoms with Crippen LogP contribution in [0.3, 0.4) is 0 Å². The van der Waals surface area contributed by atoms with Crippen molar-refractivity contribution in [3.05, 3.63) is 29.7 Å². The van der Waals surface area contributed by atoms with Gasteiger partial charge >= 0.3 is 0 Å². The van der Waals surface area contributed by atoms with Crippen molar-refractivity contribution in [2.45, 2.75) is 20.0 Å². The molecular formula is C13H15N3O2.